The molecule has 0 bridgehead atoms. The first kappa shape index (κ1) is 19.0. The van der Waals surface area contributed by atoms with Crippen LogP contribution in [0.15, 0.2) is 24.3 Å². The third kappa shape index (κ3) is 8.21. The Morgan fingerprint density at radius 2 is 1.83 bits per heavy atom. The van der Waals surface area contributed by atoms with E-state index in [1.165, 1.54) is 0 Å². The van der Waals surface area contributed by atoms with Crippen LogP contribution >= 0.6 is 0 Å². The monoisotopic (exact) mass is 322 g/mol. The highest BCUT2D eigenvalue weighted by Crippen LogP contribution is 2.16. The van der Waals surface area contributed by atoms with Gasteiger partial charge in [-0.3, -0.25) is 9.59 Å². The molecule has 0 aliphatic heterocycles. The summed E-state index contributed by atoms with van der Waals surface area (Å²) < 4.78 is 10.7. The van der Waals surface area contributed by atoms with Crippen LogP contribution < -0.4 is 15.4 Å². The van der Waals surface area contributed by atoms with Gasteiger partial charge < -0.3 is 20.1 Å². The Hall–Kier alpha value is -2.08. The van der Waals surface area contributed by atoms with Gasteiger partial charge in [-0.25, -0.2) is 0 Å². The predicted molar refractivity (Wildman–Crippen MR) is 89.5 cm³/mol. The molecule has 0 radical (unpaired) electrons. The summed E-state index contributed by atoms with van der Waals surface area (Å²) in [6.07, 6.45) is 0.675. The van der Waals surface area contributed by atoms with Crippen LogP contribution in [0.25, 0.3) is 0 Å². The number of carbonyl (C=O) groups excluding carboxylic acids is 2. The van der Waals surface area contributed by atoms with Crippen molar-refractivity contribution in [2.75, 3.05) is 31.7 Å². The first-order valence-electron chi connectivity index (χ1n) is 7.92. The normalized spacial score (nSPS) is 10.4. The van der Waals surface area contributed by atoms with Crippen LogP contribution in [0.4, 0.5) is 5.69 Å². The molecule has 1 rings (SSSR count). The van der Waals surface area contributed by atoms with Crippen molar-refractivity contribution in [1.29, 1.82) is 0 Å². The van der Waals surface area contributed by atoms with Crippen molar-refractivity contribution in [3.05, 3.63) is 24.3 Å². The predicted octanol–water partition coefficient (Wildman–Crippen LogP) is 2.20. The molecule has 2 N–H and O–H groups in total. The average Bonchev–Trinajstić information content (AvgIpc) is 2.53. The van der Waals surface area contributed by atoms with Gasteiger partial charge >= 0.3 is 11.8 Å². The van der Waals surface area contributed by atoms with Crippen molar-refractivity contribution in [3.8, 4) is 5.75 Å². The second kappa shape index (κ2) is 10.6. The molecule has 128 valence electrons. The van der Waals surface area contributed by atoms with Crippen LogP contribution in [-0.2, 0) is 14.3 Å². The van der Waals surface area contributed by atoms with Crippen LogP contribution in [-0.4, -0.2) is 38.2 Å². The zero-order valence-corrected chi connectivity index (χ0v) is 14.1. The number of amides is 2. The summed E-state index contributed by atoms with van der Waals surface area (Å²) in [7, 11) is 0. The lowest BCUT2D eigenvalue weighted by molar-refractivity contribution is -0.136. The van der Waals surface area contributed by atoms with E-state index in [-0.39, 0.29) is 0 Å². The standard InChI is InChI=1S/C17H26N2O4/c1-4-22-11-5-10-18-16(20)17(21)19-14-6-8-15(9-7-14)23-12-13(2)3/h6-9,13H,4-5,10-12H2,1-3H3,(H,18,20)(H,19,21). The number of ether oxygens (including phenoxy) is 2. The average molecular weight is 322 g/mol. The third-order valence-corrected chi connectivity index (χ3v) is 2.86. The van der Waals surface area contributed by atoms with E-state index in [2.05, 4.69) is 24.5 Å². The first-order valence-corrected chi connectivity index (χ1v) is 7.92. The maximum atomic E-state index is 11.7. The van der Waals surface area contributed by atoms with Gasteiger partial charge in [-0.2, -0.15) is 0 Å². The zero-order chi connectivity index (χ0) is 17.1. The second-order valence-corrected chi connectivity index (χ2v) is 5.49. The highest BCUT2D eigenvalue weighted by molar-refractivity contribution is 6.39. The summed E-state index contributed by atoms with van der Waals surface area (Å²) in [5, 5.41) is 5.10. The first-order chi connectivity index (χ1) is 11.0. The fraction of sp³-hybridized carbons (Fsp3) is 0.529. The molecule has 0 fully saturated rings. The van der Waals surface area contributed by atoms with Crippen molar-refractivity contribution >= 4 is 17.5 Å². The van der Waals surface area contributed by atoms with Gasteiger partial charge in [-0.05, 0) is 43.5 Å². The lowest BCUT2D eigenvalue weighted by Gasteiger charge is -2.10. The van der Waals surface area contributed by atoms with E-state index in [9.17, 15) is 9.59 Å². The van der Waals surface area contributed by atoms with Crippen LogP contribution in [0.1, 0.15) is 27.2 Å². The molecule has 0 aromatic heterocycles. The van der Waals surface area contributed by atoms with Crippen molar-refractivity contribution < 1.29 is 19.1 Å². The Kier molecular flexibility index (Phi) is 8.75. The number of nitrogens with one attached hydrogen (secondary N) is 2. The Morgan fingerprint density at radius 1 is 1.13 bits per heavy atom. The molecule has 1 aromatic carbocycles. The second-order valence-electron chi connectivity index (χ2n) is 5.49. The highest BCUT2D eigenvalue weighted by Gasteiger charge is 2.12. The Morgan fingerprint density at radius 3 is 2.43 bits per heavy atom. The minimum absolute atomic E-state index is 0.411. The third-order valence-electron chi connectivity index (χ3n) is 2.86. The van der Waals surface area contributed by atoms with E-state index in [1.807, 2.05) is 6.92 Å². The summed E-state index contributed by atoms with van der Waals surface area (Å²) >= 11 is 0. The number of hydrogen-bond acceptors (Lipinski definition) is 4. The number of benzene rings is 1. The molecular weight excluding hydrogens is 296 g/mol. The fourth-order valence-electron chi connectivity index (χ4n) is 1.69. The van der Waals surface area contributed by atoms with E-state index in [4.69, 9.17) is 9.47 Å². The van der Waals surface area contributed by atoms with Gasteiger partial charge in [0, 0.05) is 25.4 Å². The number of rotatable bonds is 9. The molecule has 0 saturated carbocycles. The maximum Gasteiger partial charge on any atom is 0.313 e. The van der Waals surface area contributed by atoms with Crippen molar-refractivity contribution in [2.45, 2.75) is 27.2 Å². The van der Waals surface area contributed by atoms with Crippen molar-refractivity contribution in [1.82, 2.24) is 5.32 Å². The van der Waals surface area contributed by atoms with Crippen LogP contribution in [0, 0.1) is 5.92 Å². The Bertz CT molecular complexity index is 486. The molecule has 6 nitrogen and oxygen atoms in total. The minimum atomic E-state index is -0.683. The maximum absolute atomic E-state index is 11.7. The van der Waals surface area contributed by atoms with Gasteiger partial charge in [-0.1, -0.05) is 13.8 Å². The van der Waals surface area contributed by atoms with Gasteiger partial charge in [0.25, 0.3) is 0 Å². The summed E-state index contributed by atoms with van der Waals surface area (Å²) in [6, 6.07) is 6.93. The summed E-state index contributed by atoms with van der Waals surface area (Å²) in [5.41, 5.74) is 0.552. The number of anilines is 1. The van der Waals surface area contributed by atoms with E-state index >= 15 is 0 Å². The topological polar surface area (TPSA) is 76.7 Å². The Balaban J connectivity index is 2.34. The lowest BCUT2D eigenvalue weighted by atomic mass is 10.2. The molecule has 0 unspecified atom stereocenters. The van der Waals surface area contributed by atoms with E-state index in [0.29, 0.717) is 44.4 Å². The SMILES string of the molecule is CCOCCCNC(=O)C(=O)Nc1ccc(OCC(C)C)cc1. The molecule has 23 heavy (non-hydrogen) atoms. The van der Waals surface area contributed by atoms with Gasteiger partial charge in [0.15, 0.2) is 0 Å². The summed E-state index contributed by atoms with van der Waals surface area (Å²) in [6.45, 7) is 8.31. The van der Waals surface area contributed by atoms with Gasteiger partial charge in [-0.15, -0.1) is 0 Å². The van der Waals surface area contributed by atoms with E-state index < -0.39 is 11.8 Å². The zero-order valence-electron chi connectivity index (χ0n) is 14.1. The smallest absolute Gasteiger partial charge is 0.313 e. The lowest BCUT2D eigenvalue weighted by Crippen LogP contribution is -2.36. The summed E-state index contributed by atoms with van der Waals surface area (Å²) in [4.78, 5) is 23.4. The van der Waals surface area contributed by atoms with Crippen LogP contribution in [0.5, 0.6) is 5.75 Å². The van der Waals surface area contributed by atoms with E-state index in [1.54, 1.807) is 24.3 Å². The largest absolute Gasteiger partial charge is 0.493 e. The minimum Gasteiger partial charge on any atom is -0.493 e. The highest BCUT2D eigenvalue weighted by atomic mass is 16.5. The molecule has 2 amide bonds. The molecule has 0 heterocycles. The fourth-order valence-corrected chi connectivity index (χ4v) is 1.69. The van der Waals surface area contributed by atoms with Gasteiger partial charge in [0.05, 0.1) is 6.61 Å². The molecule has 1 aromatic rings. The van der Waals surface area contributed by atoms with E-state index in [0.717, 1.165) is 5.75 Å². The van der Waals surface area contributed by atoms with Crippen molar-refractivity contribution in [2.24, 2.45) is 5.92 Å². The molecule has 0 saturated heterocycles. The summed E-state index contributed by atoms with van der Waals surface area (Å²) in [5.74, 6) is -0.156. The molecule has 0 spiro atoms. The van der Waals surface area contributed by atoms with Crippen LogP contribution in [0.3, 0.4) is 0 Å². The molecular formula is C17H26N2O4. The quantitative estimate of drug-likeness (QED) is 0.540. The molecule has 6 heteroatoms. The number of carbonyl (C=O) groups is 2. The van der Waals surface area contributed by atoms with Crippen molar-refractivity contribution in [3.63, 3.8) is 0 Å². The van der Waals surface area contributed by atoms with Gasteiger partial charge in [0.1, 0.15) is 5.75 Å². The van der Waals surface area contributed by atoms with Crippen LogP contribution in [0.2, 0.25) is 0 Å². The molecule has 0 aliphatic rings. The van der Waals surface area contributed by atoms with Gasteiger partial charge in [0.2, 0.25) is 0 Å². The molecule has 0 atom stereocenters. The molecule has 0 aliphatic carbocycles. The number of hydrogen-bond donors (Lipinski definition) is 2. The Labute approximate surface area is 137 Å².